The molecule has 1 atom stereocenters. The van der Waals surface area contributed by atoms with E-state index >= 15 is 0 Å². The van der Waals surface area contributed by atoms with Gasteiger partial charge in [0, 0.05) is 5.56 Å². The maximum atomic E-state index is 12.4. The first-order chi connectivity index (χ1) is 9.13. The molecule has 0 saturated carbocycles. The van der Waals surface area contributed by atoms with E-state index in [1.807, 2.05) is 25.1 Å². The molecule has 0 aliphatic carbocycles. The van der Waals surface area contributed by atoms with Gasteiger partial charge in [-0.3, -0.25) is 4.79 Å². The summed E-state index contributed by atoms with van der Waals surface area (Å²) in [6.45, 7) is 7.83. The van der Waals surface area contributed by atoms with Crippen LogP contribution in [-0.4, -0.2) is 25.0 Å². The van der Waals surface area contributed by atoms with E-state index in [4.69, 9.17) is 4.74 Å². The summed E-state index contributed by atoms with van der Waals surface area (Å²) in [5.41, 5.74) is 1.91. The Bertz CT molecular complexity index is 448. The van der Waals surface area contributed by atoms with Crippen molar-refractivity contribution >= 4 is 5.78 Å². The van der Waals surface area contributed by atoms with E-state index in [-0.39, 0.29) is 11.8 Å². The number of benzene rings is 1. The first-order valence-electron chi connectivity index (χ1n) is 7.17. The summed E-state index contributed by atoms with van der Waals surface area (Å²) in [7, 11) is 0. The van der Waals surface area contributed by atoms with Crippen molar-refractivity contribution < 1.29 is 9.53 Å². The van der Waals surface area contributed by atoms with Crippen molar-refractivity contribution in [2.24, 2.45) is 0 Å². The number of hydrogen-bond acceptors (Lipinski definition) is 3. The van der Waals surface area contributed by atoms with Gasteiger partial charge in [0.1, 0.15) is 5.75 Å². The highest BCUT2D eigenvalue weighted by atomic mass is 16.5. The summed E-state index contributed by atoms with van der Waals surface area (Å²) >= 11 is 0. The predicted octanol–water partition coefficient (Wildman–Crippen LogP) is 3.14. The zero-order valence-electron chi connectivity index (χ0n) is 12.0. The lowest BCUT2D eigenvalue weighted by molar-refractivity contribution is 0.0952. The third-order valence-electron chi connectivity index (χ3n) is 3.59. The second-order valence-corrected chi connectivity index (χ2v) is 5.35. The number of nitrogens with one attached hydrogen (secondary N) is 1. The maximum Gasteiger partial charge on any atom is 0.179 e. The summed E-state index contributed by atoms with van der Waals surface area (Å²) in [6, 6.07) is 5.82. The number of Topliss-reactive ketones (excluding diaryl/α,β-unsaturated/α-hetero) is 1. The van der Waals surface area contributed by atoms with Crippen LogP contribution in [-0.2, 0) is 0 Å². The molecule has 0 aromatic heterocycles. The van der Waals surface area contributed by atoms with Gasteiger partial charge in [-0.15, -0.1) is 0 Å². The minimum Gasteiger partial charge on any atom is -0.494 e. The largest absolute Gasteiger partial charge is 0.494 e. The molecule has 19 heavy (non-hydrogen) atoms. The number of carbonyl (C=O) groups is 1. The van der Waals surface area contributed by atoms with Crippen LogP contribution in [0.25, 0.3) is 0 Å². The topological polar surface area (TPSA) is 38.3 Å². The van der Waals surface area contributed by atoms with E-state index in [9.17, 15) is 4.79 Å². The first-order valence-corrected chi connectivity index (χ1v) is 7.17. The molecule has 3 nitrogen and oxygen atoms in total. The van der Waals surface area contributed by atoms with Crippen molar-refractivity contribution in [1.29, 1.82) is 0 Å². The molecule has 0 amide bonds. The lowest BCUT2D eigenvalue weighted by Crippen LogP contribution is -2.30. The molecule has 1 unspecified atom stereocenters. The molecular formula is C16H23NO2. The summed E-state index contributed by atoms with van der Waals surface area (Å²) in [6.07, 6.45) is 2.04. The van der Waals surface area contributed by atoms with E-state index in [1.165, 1.54) is 0 Å². The van der Waals surface area contributed by atoms with Gasteiger partial charge >= 0.3 is 0 Å². The highest BCUT2D eigenvalue weighted by Crippen LogP contribution is 2.28. The van der Waals surface area contributed by atoms with Gasteiger partial charge in [0.05, 0.1) is 12.6 Å². The second-order valence-electron chi connectivity index (χ2n) is 5.35. The Hall–Kier alpha value is -1.35. The Balaban J connectivity index is 2.26. The Morgan fingerprint density at radius 2 is 2.26 bits per heavy atom. The average Bonchev–Trinajstić information content (AvgIpc) is 2.92. The van der Waals surface area contributed by atoms with Crippen LogP contribution >= 0.6 is 0 Å². The van der Waals surface area contributed by atoms with Crippen LogP contribution in [0.3, 0.4) is 0 Å². The molecule has 2 rings (SSSR count). The number of ether oxygens (including phenoxy) is 1. The molecular weight excluding hydrogens is 238 g/mol. The molecule has 0 radical (unpaired) electrons. The molecule has 1 saturated heterocycles. The van der Waals surface area contributed by atoms with E-state index < -0.39 is 0 Å². The van der Waals surface area contributed by atoms with Gasteiger partial charge in [0.2, 0.25) is 0 Å². The van der Waals surface area contributed by atoms with Gasteiger partial charge in [-0.05, 0) is 56.0 Å². The molecule has 3 heteroatoms. The predicted molar refractivity (Wildman–Crippen MR) is 77.1 cm³/mol. The Morgan fingerprint density at radius 3 is 2.84 bits per heavy atom. The summed E-state index contributed by atoms with van der Waals surface area (Å²) in [5, 5.41) is 3.26. The van der Waals surface area contributed by atoms with Crippen molar-refractivity contribution in [1.82, 2.24) is 5.32 Å². The fourth-order valence-corrected chi connectivity index (χ4v) is 2.55. The van der Waals surface area contributed by atoms with Crippen LogP contribution in [0, 0.1) is 0 Å². The van der Waals surface area contributed by atoms with Crippen LogP contribution in [0.5, 0.6) is 5.75 Å². The molecule has 1 N–H and O–H groups in total. The van der Waals surface area contributed by atoms with Crippen molar-refractivity contribution in [2.75, 3.05) is 13.2 Å². The molecule has 0 spiro atoms. The zero-order chi connectivity index (χ0) is 13.8. The van der Waals surface area contributed by atoms with Crippen molar-refractivity contribution in [3.8, 4) is 5.75 Å². The molecule has 1 aliphatic rings. The normalized spacial score (nSPS) is 18.8. The SMILES string of the molecule is CCOc1ccc(C(=O)C2CCCN2)cc1C(C)C. The van der Waals surface area contributed by atoms with E-state index in [0.717, 1.165) is 36.3 Å². The average molecular weight is 261 g/mol. The first kappa shape index (κ1) is 14.1. The monoisotopic (exact) mass is 261 g/mol. The molecule has 104 valence electrons. The number of carbonyl (C=O) groups excluding carboxylic acids is 1. The van der Waals surface area contributed by atoms with Crippen LogP contribution in [0.4, 0.5) is 0 Å². The van der Waals surface area contributed by atoms with Crippen molar-refractivity contribution in [2.45, 2.75) is 45.6 Å². The summed E-state index contributed by atoms with van der Waals surface area (Å²) in [4.78, 5) is 12.4. The third kappa shape index (κ3) is 3.16. The summed E-state index contributed by atoms with van der Waals surface area (Å²) in [5.74, 6) is 1.46. The van der Waals surface area contributed by atoms with Gasteiger partial charge in [0.15, 0.2) is 5.78 Å². The highest BCUT2D eigenvalue weighted by molar-refractivity contribution is 6.00. The van der Waals surface area contributed by atoms with Gasteiger partial charge in [-0.25, -0.2) is 0 Å². The van der Waals surface area contributed by atoms with Gasteiger partial charge < -0.3 is 10.1 Å². The fraction of sp³-hybridized carbons (Fsp3) is 0.562. The fourth-order valence-electron chi connectivity index (χ4n) is 2.55. The van der Waals surface area contributed by atoms with E-state index in [1.54, 1.807) is 0 Å². The smallest absolute Gasteiger partial charge is 0.179 e. The zero-order valence-corrected chi connectivity index (χ0v) is 12.0. The minimum absolute atomic E-state index is 0.00189. The van der Waals surface area contributed by atoms with Crippen molar-refractivity contribution in [3.05, 3.63) is 29.3 Å². The molecule has 0 bridgehead atoms. The number of hydrogen-bond donors (Lipinski definition) is 1. The molecule has 1 fully saturated rings. The Kier molecular flexibility index (Phi) is 4.59. The number of ketones is 1. The van der Waals surface area contributed by atoms with E-state index in [2.05, 4.69) is 19.2 Å². The van der Waals surface area contributed by atoms with Crippen LogP contribution in [0.2, 0.25) is 0 Å². The van der Waals surface area contributed by atoms with Gasteiger partial charge in [0.25, 0.3) is 0 Å². The molecule has 1 aromatic carbocycles. The summed E-state index contributed by atoms with van der Waals surface area (Å²) < 4.78 is 5.63. The van der Waals surface area contributed by atoms with Crippen LogP contribution < -0.4 is 10.1 Å². The molecule has 1 aliphatic heterocycles. The standard InChI is InChI=1S/C16H23NO2/c1-4-19-15-8-7-12(10-13(15)11(2)3)16(18)14-6-5-9-17-14/h7-8,10-11,14,17H,4-6,9H2,1-3H3. The van der Waals surface area contributed by atoms with Crippen LogP contribution in [0.15, 0.2) is 18.2 Å². The molecule has 1 aromatic rings. The van der Waals surface area contributed by atoms with Gasteiger partial charge in [-0.2, -0.15) is 0 Å². The van der Waals surface area contributed by atoms with Gasteiger partial charge in [-0.1, -0.05) is 13.8 Å². The highest BCUT2D eigenvalue weighted by Gasteiger charge is 2.24. The Morgan fingerprint density at radius 1 is 1.47 bits per heavy atom. The van der Waals surface area contributed by atoms with E-state index in [0.29, 0.717) is 12.5 Å². The van der Waals surface area contributed by atoms with Crippen molar-refractivity contribution in [3.63, 3.8) is 0 Å². The lowest BCUT2D eigenvalue weighted by Gasteiger charge is -2.16. The second kappa shape index (κ2) is 6.20. The maximum absolute atomic E-state index is 12.4. The quantitative estimate of drug-likeness (QED) is 0.827. The molecule has 1 heterocycles. The Labute approximate surface area is 115 Å². The third-order valence-corrected chi connectivity index (χ3v) is 3.59. The number of rotatable bonds is 5. The lowest BCUT2D eigenvalue weighted by atomic mass is 9.95. The van der Waals surface area contributed by atoms with Crippen LogP contribution in [0.1, 0.15) is 55.5 Å². The minimum atomic E-state index is -0.00189.